The Labute approximate surface area is 316 Å². The smallest absolute Gasteiger partial charge is 0.417 e. The van der Waals surface area contributed by atoms with Crippen molar-refractivity contribution in [2.45, 2.75) is 76.0 Å². The highest BCUT2D eigenvalue weighted by Crippen LogP contribution is 2.49. The summed E-state index contributed by atoms with van der Waals surface area (Å²) in [5, 5.41) is 11.5. The van der Waals surface area contributed by atoms with Crippen LogP contribution in [0.5, 0.6) is 6.01 Å². The number of hydrogen-bond acceptors (Lipinski definition) is 11. The largest absolute Gasteiger partial charge is 0.461 e. The Bertz CT molecular complexity index is 2380. The molecule has 0 spiro atoms. The van der Waals surface area contributed by atoms with Crippen LogP contribution in [0.2, 0.25) is 0 Å². The van der Waals surface area contributed by atoms with Gasteiger partial charge in [0.25, 0.3) is 0 Å². The molecule has 0 saturated carbocycles. The van der Waals surface area contributed by atoms with Crippen LogP contribution in [0.4, 0.5) is 42.0 Å². The molecule has 294 valence electrons. The minimum absolute atomic E-state index is 0.0958. The van der Waals surface area contributed by atoms with Crippen LogP contribution in [0.1, 0.15) is 57.6 Å². The van der Waals surface area contributed by atoms with Crippen molar-refractivity contribution in [3.05, 3.63) is 41.0 Å². The van der Waals surface area contributed by atoms with Crippen LogP contribution in [0.3, 0.4) is 0 Å². The summed E-state index contributed by atoms with van der Waals surface area (Å²) in [5.41, 5.74) is -5.77. The number of benzene rings is 2. The maximum absolute atomic E-state index is 17.3. The van der Waals surface area contributed by atoms with Crippen molar-refractivity contribution in [3.63, 3.8) is 0 Å². The quantitative estimate of drug-likeness (QED) is 0.186. The van der Waals surface area contributed by atoms with E-state index >= 15 is 22.0 Å². The zero-order chi connectivity index (χ0) is 39.8. The number of amides is 1. The maximum atomic E-state index is 17.3. The number of nitrogens with one attached hydrogen (secondary N) is 1. The Morgan fingerprint density at radius 3 is 2.62 bits per heavy atom. The van der Waals surface area contributed by atoms with Crippen LogP contribution in [-0.2, 0) is 20.8 Å². The van der Waals surface area contributed by atoms with E-state index in [4.69, 9.17) is 9.47 Å². The number of aromatic nitrogens is 2. The van der Waals surface area contributed by atoms with Crippen molar-refractivity contribution in [1.82, 2.24) is 14.9 Å². The number of fused-ring (bicyclic) bond motifs is 3. The molecule has 2 aromatic carbocycles. The lowest BCUT2D eigenvalue weighted by molar-refractivity contribution is -0.137. The lowest BCUT2D eigenvalue weighted by atomic mass is 9.92. The SMILES string of the molecule is CN(c1nc(OC[C@@]23CCCN2C[C@H](F)C3)nc2c(F)c(-c3ccc(F)c4sc(NC(=O)OC(C)(C)C)c(C#N)c34)c(C(F)(F)F)cc12)[C@H]1CCS(=O)(=O)C1. The molecule has 1 amide bonds. The van der Waals surface area contributed by atoms with Crippen molar-refractivity contribution in [3.8, 4) is 23.2 Å². The second kappa shape index (κ2) is 13.7. The third-order valence-corrected chi connectivity index (χ3v) is 13.2. The predicted octanol–water partition coefficient (Wildman–Crippen LogP) is 7.61. The highest BCUT2D eigenvalue weighted by atomic mass is 32.2. The third-order valence-electron chi connectivity index (χ3n) is 10.3. The molecule has 11 nitrogen and oxygen atoms in total. The zero-order valence-electron chi connectivity index (χ0n) is 30.1. The number of halogens is 6. The summed E-state index contributed by atoms with van der Waals surface area (Å²) >= 11 is 0.564. The molecule has 3 fully saturated rings. The minimum Gasteiger partial charge on any atom is -0.461 e. The number of alkyl halides is 4. The van der Waals surface area contributed by atoms with Gasteiger partial charge in [-0.2, -0.15) is 28.4 Å². The van der Waals surface area contributed by atoms with E-state index in [2.05, 4.69) is 15.3 Å². The van der Waals surface area contributed by atoms with Gasteiger partial charge in [0.2, 0.25) is 0 Å². The molecule has 55 heavy (non-hydrogen) atoms. The third kappa shape index (κ3) is 7.24. The van der Waals surface area contributed by atoms with E-state index in [1.54, 1.807) is 20.8 Å². The van der Waals surface area contributed by atoms with E-state index in [9.17, 15) is 22.9 Å². The Hall–Kier alpha value is -4.41. The number of carbonyl (C=O) groups excluding carboxylic acids is 1. The van der Waals surface area contributed by atoms with E-state index in [1.807, 2.05) is 11.0 Å². The fraction of sp³-hybridized carbons (Fsp3) is 0.500. The van der Waals surface area contributed by atoms with Gasteiger partial charge < -0.3 is 14.4 Å². The second-order valence-corrected chi connectivity index (χ2v) is 18.5. The Kier molecular flexibility index (Phi) is 9.65. The van der Waals surface area contributed by atoms with Gasteiger partial charge in [0.05, 0.1) is 32.9 Å². The molecule has 0 radical (unpaired) electrons. The van der Waals surface area contributed by atoms with E-state index < -0.39 is 96.3 Å². The summed E-state index contributed by atoms with van der Waals surface area (Å²) in [7, 11) is -2.04. The van der Waals surface area contributed by atoms with E-state index in [0.717, 1.165) is 18.6 Å². The molecule has 19 heteroatoms. The fourth-order valence-electron chi connectivity index (χ4n) is 7.88. The minimum atomic E-state index is -5.23. The second-order valence-electron chi connectivity index (χ2n) is 15.2. The number of nitrogens with zero attached hydrogens (tertiary/aromatic N) is 5. The molecular formula is C36H36F6N6O5S2. The van der Waals surface area contributed by atoms with Gasteiger partial charge in [-0.3, -0.25) is 10.2 Å². The van der Waals surface area contributed by atoms with E-state index in [0.29, 0.717) is 30.4 Å². The molecule has 0 aliphatic carbocycles. The first-order chi connectivity index (χ1) is 25.7. The zero-order valence-corrected chi connectivity index (χ0v) is 31.7. The number of ether oxygens (including phenoxy) is 2. The van der Waals surface area contributed by atoms with Crippen molar-refractivity contribution in [2.24, 2.45) is 0 Å². The number of rotatable bonds is 7. The molecule has 4 aromatic rings. The normalized spacial score (nSPS) is 22.6. The monoisotopic (exact) mass is 810 g/mol. The Morgan fingerprint density at radius 2 is 1.96 bits per heavy atom. The number of sulfone groups is 1. The molecule has 2 aromatic heterocycles. The molecule has 3 atom stereocenters. The summed E-state index contributed by atoms with van der Waals surface area (Å²) in [6, 6.07) is 3.05. The number of thiophene rings is 1. The van der Waals surface area contributed by atoms with Gasteiger partial charge in [-0.15, -0.1) is 11.3 Å². The van der Waals surface area contributed by atoms with Crippen molar-refractivity contribution < 1.29 is 49.0 Å². The van der Waals surface area contributed by atoms with Gasteiger partial charge in [-0.05, 0) is 64.3 Å². The van der Waals surface area contributed by atoms with Crippen molar-refractivity contribution in [1.29, 1.82) is 5.26 Å². The van der Waals surface area contributed by atoms with Crippen molar-refractivity contribution in [2.75, 3.05) is 48.5 Å². The summed E-state index contributed by atoms with van der Waals surface area (Å²) in [5.74, 6) is -3.16. The van der Waals surface area contributed by atoms with Crippen LogP contribution in [0.25, 0.3) is 32.1 Å². The molecule has 0 bridgehead atoms. The maximum Gasteiger partial charge on any atom is 0.417 e. The van der Waals surface area contributed by atoms with Gasteiger partial charge in [-0.25, -0.2) is 26.4 Å². The van der Waals surface area contributed by atoms with Crippen molar-refractivity contribution >= 4 is 59.1 Å². The highest BCUT2D eigenvalue weighted by Gasteiger charge is 2.49. The first kappa shape index (κ1) is 38.8. The topological polar surface area (TPSA) is 138 Å². The van der Waals surface area contributed by atoms with Gasteiger partial charge in [0, 0.05) is 42.4 Å². The molecule has 0 unspecified atom stereocenters. The Morgan fingerprint density at radius 1 is 1.22 bits per heavy atom. The molecule has 3 aliphatic rings. The Balaban J connectivity index is 1.44. The first-order valence-electron chi connectivity index (χ1n) is 17.4. The average Bonchev–Trinajstić information content (AvgIpc) is 3.83. The molecular weight excluding hydrogens is 775 g/mol. The van der Waals surface area contributed by atoms with Gasteiger partial charge in [-0.1, -0.05) is 6.07 Å². The average molecular weight is 811 g/mol. The predicted molar refractivity (Wildman–Crippen MR) is 194 cm³/mol. The number of carbonyl (C=O) groups is 1. The van der Waals surface area contributed by atoms with Crippen LogP contribution in [0.15, 0.2) is 18.2 Å². The highest BCUT2D eigenvalue weighted by molar-refractivity contribution is 7.91. The first-order valence-corrected chi connectivity index (χ1v) is 20.1. The molecule has 7 rings (SSSR count). The molecule has 3 aliphatic heterocycles. The summed E-state index contributed by atoms with van der Waals surface area (Å²) < 4.78 is 128. The summed E-state index contributed by atoms with van der Waals surface area (Å²) in [6.07, 6.45) is -5.65. The lowest BCUT2D eigenvalue weighted by Gasteiger charge is -2.31. The standard InChI is InChI=1S/C36H36F6N6O5S2/c1-34(2,3)53-33(49)46-31-22(14-43)25-20(6-7-24(38)29(25)54-31)26-23(36(40,41)42)12-21-28(27(26)39)44-32(45-30(21)47(4)19-8-11-55(50,51)16-19)52-17-35-9-5-10-48(35)15-18(37)13-35/h6-7,12,18-19H,5,8-11,13,15-17H2,1-4H3,(H,46,49)/t18-,19+,35+/m1/s1. The summed E-state index contributed by atoms with van der Waals surface area (Å²) in [4.78, 5) is 24.6. The molecule has 1 N–H and O–H groups in total. The molecule has 5 heterocycles. The van der Waals surface area contributed by atoms with Gasteiger partial charge >= 0.3 is 18.3 Å². The number of hydrogen-bond donors (Lipinski definition) is 1. The van der Waals surface area contributed by atoms with E-state index in [-0.39, 0.29) is 58.4 Å². The van der Waals surface area contributed by atoms with Crippen LogP contribution in [0, 0.1) is 23.0 Å². The fourth-order valence-corrected chi connectivity index (χ4v) is 10.7. The van der Waals surface area contributed by atoms with Crippen LogP contribution in [-0.4, -0.2) is 91.0 Å². The van der Waals surface area contributed by atoms with Gasteiger partial charge in [0.15, 0.2) is 15.7 Å². The summed E-state index contributed by atoms with van der Waals surface area (Å²) in [6.45, 7) is 5.49. The van der Waals surface area contributed by atoms with Crippen LogP contribution < -0.4 is 15.0 Å². The lowest BCUT2D eigenvalue weighted by Crippen LogP contribution is -2.43. The van der Waals surface area contributed by atoms with E-state index in [1.165, 1.54) is 11.9 Å². The van der Waals surface area contributed by atoms with Gasteiger partial charge in [0.1, 0.15) is 46.6 Å². The number of anilines is 2. The van der Waals surface area contributed by atoms with Crippen LogP contribution >= 0.6 is 11.3 Å². The molecule has 3 saturated heterocycles. The number of nitriles is 1.